The molecule has 0 amide bonds. The van der Waals surface area contributed by atoms with Crippen LogP contribution in [-0.2, 0) is 0 Å². The molecule has 3 fully saturated rings. The van der Waals surface area contributed by atoms with E-state index >= 15 is 0 Å². The summed E-state index contributed by atoms with van der Waals surface area (Å²) in [6, 6.07) is 0. The predicted octanol–water partition coefficient (Wildman–Crippen LogP) is 6.28. The molecule has 0 aromatic rings. The molecular weight excluding hydrogens is 356 g/mol. The van der Waals surface area contributed by atoms with E-state index < -0.39 is 0 Å². The highest BCUT2D eigenvalue weighted by molar-refractivity contribution is 5.25. The van der Waals surface area contributed by atoms with Gasteiger partial charge >= 0.3 is 0 Å². The Kier molecular flexibility index (Phi) is 6.08. The lowest BCUT2D eigenvalue weighted by molar-refractivity contribution is -0.0571. The van der Waals surface area contributed by atoms with E-state index in [-0.39, 0.29) is 12.7 Å². The van der Waals surface area contributed by atoms with Gasteiger partial charge in [0.2, 0.25) is 0 Å². The van der Waals surface area contributed by atoms with Gasteiger partial charge in [-0.25, -0.2) is 0 Å². The van der Waals surface area contributed by atoms with Crippen molar-refractivity contribution in [2.45, 2.75) is 98.0 Å². The van der Waals surface area contributed by atoms with Gasteiger partial charge in [-0.2, -0.15) is 0 Å². The lowest BCUT2D eigenvalue weighted by Crippen LogP contribution is -2.50. The summed E-state index contributed by atoms with van der Waals surface area (Å²) in [4.78, 5) is 0. The van der Waals surface area contributed by atoms with Crippen LogP contribution in [0.2, 0.25) is 0 Å². The van der Waals surface area contributed by atoms with Crippen LogP contribution in [-0.4, -0.2) is 22.9 Å². The molecule has 0 saturated heterocycles. The van der Waals surface area contributed by atoms with E-state index in [1.807, 2.05) is 6.92 Å². The summed E-state index contributed by atoms with van der Waals surface area (Å²) < 4.78 is 0. The molecule has 164 valence electrons. The Labute approximate surface area is 178 Å². The zero-order valence-corrected chi connectivity index (χ0v) is 19.3. The van der Waals surface area contributed by atoms with Crippen LogP contribution in [0, 0.1) is 40.4 Å². The van der Waals surface area contributed by atoms with Gasteiger partial charge in [0.15, 0.2) is 0 Å². The minimum atomic E-state index is -0.0973. The molecule has 0 aromatic carbocycles. The lowest BCUT2D eigenvalue weighted by Gasteiger charge is -2.58. The van der Waals surface area contributed by atoms with E-state index in [4.69, 9.17) is 0 Å². The van der Waals surface area contributed by atoms with Gasteiger partial charge in [-0.15, -0.1) is 0 Å². The second-order valence-electron chi connectivity index (χ2n) is 11.6. The third-order valence-corrected chi connectivity index (χ3v) is 10.2. The van der Waals surface area contributed by atoms with Crippen molar-refractivity contribution in [3.63, 3.8) is 0 Å². The molecule has 3 saturated carbocycles. The van der Waals surface area contributed by atoms with Crippen molar-refractivity contribution in [1.29, 1.82) is 0 Å². The first-order valence-electron chi connectivity index (χ1n) is 12.4. The number of aliphatic hydroxyl groups is 2. The minimum absolute atomic E-state index is 0.0973. The third kappa shape index (κ3) is 3.67. The molecule has 8 atom stereocenters. The summed E-state index contributed by atoms with van der Waals surface area (Å²) in [5, 5.41) is 19.5. The standard InChI is InChI=1S/C27H44O2/c1-18(17-28)6-5-7-19(2)23-10-11-24-22-9-8-20-16-21(29)12-14-26(20,3)25(22)13-15-27(23,24)4/h6,8,19,21-25,28-29H,5,7,9-17H2,1-4H3/t19-,21+,22+,23-,24+,25+,26+,27-/m1/s1. The first-order chi connectivity index (χ1) is 13.8. The van der Waals surface area contributed by atoms with Crippen LogP contribution >= 0.6 is 0 Å². The van der Waals surface area contributed by atoms with Crippen molar-refractivity contribution in [2.24, 2.45) is 40.4 Å². The van der Waals surface area contributed by atoms with Crippen LogP contribution in [0.4, 0.5) is 0 Å². The molecule has 4 rings (SSSR count). The SMILES string of the molecule is CC(=CCC[C@@H](C)[C@H]1CC[C@H]2[C@@H]3CC=C4C[C@@H](O)CC[C@]4(C)[C@H]3CC[C@]12C)CO. The van der Waals surface area contributed by atoms with Crippen molar-refractivity contribution in [3.05, 3.63) is 23.3 Å². The Morgan fingerprint density at radius 3 is 2.72 bits per heavy atom. The quantitative estimate of drug-likeness (QED) is 0.533. The Bertz CT molecular complexity index is 663. The summed E-state index contributed by atoms with van der Waals surface area (Å²) in [6.07, 6.45) is 17.1. The molecule has 2 N–H and O–H groups in total. The van der Waals surface area contributed by atoms with Gasteiger partial charge in [-0.05, 0) is 112 Å². The minimum Gasteiger partial charge on any atom is -0.393 e. The first-order valence-corrected chi connectivity index (χ1v) is 12.4. The lowest BCUT2D eigenvalue weighted by atomic mass is 9.47. The van der Waals surface area contributed by atoms with Crippen LogP contribution in [0.15, 0.2) is 23.3 Å². The first kappa shape index (κ1) is 21.6. The fraction of sp³-hybridized carbons (Fsp3) is 0.852. The number of aliphatic hydroxyl groups excluding tert-OH is 2. The number of allylic oxidation sites excluding steroid dienone is 2. The fourth-order valence-corrected chi connectivity index (χ4v) is 8.48. The molecule has 4 aliphatic rings. The van der Waals surface area contributed by atoms with Gasteiger partial charge in [0.05, 0.1) is 12.7 Å². The Morgan fingerprint density at radius 2 is 1.97 bits per heavy atom. The monoisotopic (exact) mass is 400 g/mol. The van der Waals surface area contributed by atoms with E-state index in [0.717, 1.165) is 54.4 Å². The van der Waals surface area contributed by atoms with Gasteiger partial charge in [-0.1, -0.05) is 44.1 Å². The van der Waals surface area contributed by atoms with E-state index in [1.165, 1.54) is 44.9 Å². The summed E-state index contributed by atoms with van der Waals surface area (Å²) in [7, 11) is 0. The van der Waals surface area contributed by atoms with Crippen LogP contribution in [0.5, 0.6) is 0 Å². The molecule has 0 unspecified atom stereocenters. The Balaban J connectivity index is 1.48. The van der Waals surface area contributed by atoms with Crippen LogP contribution in [0.25, 0.3) is 0 Å². The molecule has 0 spiro atoms. The van der Waals surface area contributed by atoms with Crippen molar-refractivity contribution in [1.82, 2.24) is 0 Å². The van der Waals surface area contributed by atoms with E-state index in [1.54, 1.807) is 5.57 Å². The second kappa shape index (κ2) is 8.15. The van der Waals surface area contributed by atoms with Crippen LogP contribution in [0.1, 0.15) is 91.9 Å². The molecule has 0 bridgehead atoms. The van der Waals surface area contributed by atoms with Gasteiger partial charge in [-0.3, -0.25) is 0 Å². The molecule has 2 heteroatoms. The van der Waals surface area contributed by atoms with Gasteiger partial charge < -0.3 is 10.2 Å². The Hall–Kier alpha value is -0.600. The molecule has 0 aliphatic heterocycles. The van der Waals surface area contributed by atoms with Gasteiger partial charge in [0.25, 0.3) is 0 Å². The van der Waals surface area contributed by atoms with Crippen molar-refractivity contribution >= 4 is 0 Å². The molecule has 29 heavy (non-hydrogen) atoms. The average molecular weight is 401 g/mol. The Morgan fingerprint density at radius 1 is 1.17 bits per heavy atom. The number of fused-ring (bicyclic) bond motifs is 5. The number of hydrogen-bond acceptors (Lipinski definition) is 2. The summed E-state index contributed by atoms with van der Waals surface area (Å²) in [5.74, 6) is 4.25. The third-order valence-electron chi connectivity index (χ3n) is 10.2. The van der Waals surface area contributed by atoms with Crippen LogP contribution < -0.4 is 0 Å². The summed E-state index contributed by atoms with van der Waals surface area (Å²) in [5.41, 5.74) is 3.59. The topological polar surface area (TPSA) is 40.5 Å². The largest absolute Gasteiger partial charge is 0.393 e. The van der Waals surface area contributed by atoms with Crippen LogP contribution in [0.3, 0.4) is 0 Å². The van der Waals surface area contributed by atoms with Gasteiger partial charge in [0.1, 0.15) is 0 Å². The highest BCUT2D eigenvalue weighted by Crippen LogP contribution is 2.67. The highest BCUT2D eigenvalue weighted by atomic mass is 16.3. The predicted molar refractivity (Wildman–Crippen MR) is 120 cm³/mol. The van der Waals surface area contributed by atoms with E-state index in [9.17, 15) is 10.2 Å². The molecule has 4 aliphatic carbocycles. The maximum Gasteiger partial charge on any atom is 0.0639 e. The molecule has 0 radical (unpaired) electrons. The maximum atomic E-state index is 10.2. The van der Waals surface area contributed by atoms with Crippen molar-refractivity contribution in [2.75, 3.05) is 6.61 Å². The second-order valence-corrected chi connectivity index (χ2v) is 11.6. The van der Waals surface area contributed by atoms with Gasteiger partial charge in [0, 0.05) is 0 Å². The number of hydrogen-bond donors (Lipinski definition) is 2. The maximum absolute atomic E-state index is 10.2. The number of rotatable bonds is 5. The molecule has 2 nitrogen and oxygen atoms in total. The molecular formula is C27H44O2. The summed E-state index contributed by atoms with van der Waals surface area (Å²) >= 11 is 0. The van der Waals surface area contributed by atoms with E-state index in [0.29, 0.717) is 10.8 Å². The fourth-order valence-electron chi connectivity index (χ4n) is 8.48. The van der Waals surface area contributed by atoms with Crippen molar-refractivity contribution in [3.8, 4) is 0 Å². The average Bonchev–Trinajstić information content (AvgIpc) is 3.05. The van der Waals surface area contributed by atoms with E-state index in [2.05, 4.69) is 32.9 Å². The normalized spacial score (nSPS) is 45.8. The smallest absolute Gasteiger partial charge is 0.0639 e. The molecule has 0 aromatic heterocycles. The highest BCUT2D eigenvalue weighted by Gasteiger charge is 2.59. The zero-order valence-electron chi connectivity index (χ0n) is 19.3. The molecule has 0 heterocycles. The summed E-state index contributed by atoms with van der Waals surface area (Å²) in [6.45, 7) is 9.91. The van der Waals surface area contributed by atoms with Crippen molar-refractivity contribution < 1.29 is 10.2 Å². The zero-order chi connectivity index (χ0) is 20.8.